The van der Waals surface area contributed by atoms with Crippen molar-refractivity contribution in [3.05, 3.63) is 28.8 Å². The highest BCUT2D eigenvalue weighted by molar-refractivity contribution is 5.49. The Morgan fingerprint density at radius 3 is 1.58 bits per heavy atom. The molecule has 0 amide bonds. The highest BCUT2D eigenvalue weighted by Gasteiger charge is 2.28. The van der Waals surface area contributed by atoms with Crippen LogP contribution in [0.1, 0.15) is 84.4 Å². The van der Waals surface area contributed by atoms with Crippen LogP contribution in [0.15, 0.2) is 12.1 Å². The van der Waals surface area contributed by atoms with Crippen molar-refractivity contribution in [2.24, 2.45) is 0 Å². The Morgan fingerprint density at radius 1 is 0.947 bits per heavy atom. The maximum atomic E-state index is 10.1. The standard InChI is InChI=1S/C18H30O/c1-9-12(2)16-14(17(3,4)5)10-13(19)11-15(16)18(6,7)8/h10-12,19H,9H2,1-8H3. The van der Waals surface area contributed by atoms with Gasteiger partial charge in [-0.25, -0.2) is 0 Å². The van der Waals surface area contributed by atoms with Gasteiger partial charge in [0.15, 0.2) is 0 Å². The Balaban J connectivity index is 3.69. The lowest BCUT2D eigenvalue weighted by Crippen LogP contribution is -2.22. The number of phenolic OH excluding ortho intramolecular Hbond substituents is 1. The minimum Gasteiger partial charge on any atom is -0.508 e. The van der Waals surface area contributed by atoms with Gasteiger partial charge in [0.1, 0.15) is 5.75 Å². The molecule has 0 aromatic heterocycles. The number of phenols is 1. The van der Waals surface area contributed by atoms with Gasteiger partial charge in [-0.3, -0.25) is 0 Å². The average Bonchev–Trinajstić information content (AvgIpc) is 2.24. The van der Waals surface area contributed by atoms with E-state index >= 15 is 0 Å². The highest BCUT2D eigenvalue weighted by Crippen LogP contribution is 2.41. The monoisotopic (exact) mass is 262 g/mol. The van der Waals surface area contributed by atoms with Crippen LogP contribution in [0.5, 0.6) is 5.75 Å². The molecular weight excluding hydrogens is 232 g/mol. The fraction of sp³-hybridized carbons (Fsp3) is 0.667. The summed E-state index contributed by atoms with van der Waals surface area (Å²) in [5.41, 5.74) is 4.11. The van der Waals surface area contributed by atoms with Crippen molar-refractivity contribution in [3.8, 4) is 5.75 Å². The molecule has 1 heteroatoms. The molecule has 0 saturated carbocycles. The lowest BCUT2D eigenvalue weighted by atomic mass is 9.72. The third kappa shape index (κ3) is 3.52. The molecule has 1 unspecified atom stereocenters. The van der Waals surface area contributed by atoms with Crippen molar-refractivity contribution in [3.63, 3.8) is 0 Å². The number of hydrogen-bond acceptors (Lipinski definition) is 1. The van der Waals surface area contributed by atoms with Gasteiger partial charge in [-0.1, -0.05) is 55.4 Å². The summed E-state index contributed by atoms with van der Waals surface area (Å²) in [6.45, 7) is 17.9. The number of benzene rings is 1. The second-order valence-corrected chi connectivity index (χ2v) is 7.76. The Hall–Kier alpha value is -0.980. The number of hydrogen-bond donors (Lipinski definition) is 1. The molecule has 19 heavy (non-hydrogen) atoms. The molecule has 0 bridgehead atoms. The van der Waals surface area contributed by atoms with Crippen molar-refractivity contribution < 1.29 is 5.11 Å². The number of aromatic hydroxyl groups is 1. The fourth-order valence-corrected chi connectivity index (χ4v) is 2.61. The Labute approximate surface area is 119 Å². The van der Waals surface area contributed by atoms with Crippen LogP contribution in [0.25, 0.3) is 0 Å². The van der Waals surface area contributed by atoms with Gasteiger partial charge >= 0.3 is 0 Å². The van der Waals surface area contributed by atoms with E-state index in [1.165, 1.54) is 16.7 Å². The van der Waals surface area contributed by atoms with Crippen LogP contribution in [0, 0.1) is 0 Å². The minimum atomic E-state index is 0.0531. The van der Waals surface area contributed by atoms with Crippen LogP contribution in [-0.2, 0) is 10.8 Å². The quantitative estimate of drug-likeness (QED) is 0.746. The maximum absolute atomic E-state index is 10.1. The molecule has 0 heterocycles. The van der Waals surface area contributed by atoms with E-state index in [1.807, 2.05) is 12.1 Å². The van der Waals surface area contributed by atoms with Crippen molar-refractivity contribution in [1.29, 1.82) is 0 Å². The normalized spacial score (nSPS) is 14.5. The summed E-state index contributed by atoms with van der Waals surface area (Å²) in [4.78, 5) is 0. The van der Waals surface area contributed by atoms with E-state index in [2.05, 4.69) is 55.4 Å². The Morgan fingerprint density at radius 2 is 1.32 bits per heavy atom. The number of rotatable bonds is 2. The third-order valence-electron chi connectivity index (χ3n) is 3.89. The molecular formula is C18H30O. The SMILES string of the molecule is CCC(C)c1c(C(C)(C)C)cc(O)cc1C(C)(C)C. The molecule has 0 spiro atoms. The molecule has 108 valence electrons. The maximum Gasteiger partial charge on any atom is 0.116 e. The molecule has 1 aromatic rings. The second-order valence-electron chi connectivity index (χ2n) is 7.76. The summed E-state index contributed by atoms with van der Waals surface area (Å²) >= 11 is 0. The lowest BCUT2D eigenvalue weighted by molar-refractivity contribution is 0.461. The molecule has 0 radical (unpaired) electrons. The van der Waals surface area contributed by atoms with Gasteiger partial charge in [0, 0.05) is 0 Å². The van der Waals surface area contributed by atoms with Crippen molar-refractivity contribution in [2.75, 3.05) is 0 Å². The van der Waals surface area contributed by atoms with Crippen molar-refractivity contribution >= 4 is 0 Å². The molecule has 0 aliphatic carbocycles. The zero-order valence-electron chi connectivity index (χ0n) is 13.9. The Bertz CT molecular complexity index is 409. The van der Waals surface area contributed by atoms with E-state index in [4.69, 9.17) is 0 Å². The van der Waals surface area contributed by atoms with Gasteiger partial charge in [-0.05, 0) is 52.0 Å². The van der Waals surface area contributed by atoms with E-state index in [9.17, 15) is 5.11 Å². The summed E-state index contributed by atoms with van der Waals surface area (Å²) in [7, 11) is 0. The van der Waals surface area contributed by atoms with Crippen LogP contribution < -0.4 is 0 Å². The molecule has 0 saturated heterocycles. The largest absolute Gasteiger partial charge is 0.508 e. The smallest absolute Gasteiger partial charge is 0.116 e. The Kier molecular flexibility index (Phi) is 4.39. The van der Waals surface area contributed by atoms with Gasteiger partial charge in [0.2, 0.25) is 0 Å². The van der Waals surface area contributed by atoms with Crippen molar-refractivity contribution in [1.82, 2.24) is 0 Å². The van der Waals surface area contributed by atoms with Gasteiger partial charge in [-0.15, -0.1) is 0 Å². The van der Waals surface area contributed by atoms with Gasteiger partial charge < -0.3 is 5.11 Å². The van der Waals surface area contributed by atoms with Crippen LogP contribution in [-0.4, -0.2) is 5.11 Å². The topological polar surface area (TPSA) is 20.2 Å². The summed E-state index contributed by atoms with van der Waals surface area (Å²) < 4.78 is 0. The van der Waals surface area contributed by atoms with E-state index in [0.29, 0.717) is 11.7 Å². The predicted molar refractivity (Wildman–Crippen MR) is 84.2 cm³/mol. The molecule has 1 aromatic carbocycles. The van der Waals surface area contributed by atoms with Crippen LogP contribution in [0.3, 0.4) is 0 Å². The summed E-state index contributed by atoms with van der Waals surface area (Å²) in [6.07, 6.45) is 1.12. The van der Waals surface area contributed by atoms with Crippen LogP contribution in [0.2, 0.25) is 0 Å². The lowest BCUT2D eigenvalue weighted by Gasteiger charge is -2.33. The van der Waals surface area contributed by atoms with Crippen molar-refractivity contribution in [2.45, 2.75) is 78.6 Å². The minimum absolute atomic E-state index is 0.0531. The van der Waals surface area contributed by atoms with E-state index in [0.717, 1.165) is 6.42 Å². The zero-order valence-corrected chi connectivity index (χ0v) is 13.9. The van der Waals surface area contributed by atoms with Gasteiger partial charge in [-0.2, -0.15) is 0 Å². The summed E-state index contributed by atoms with van der Waals surface area (Å²) in [6, 6.07) is 3.91. The van der Waals surface area contributed by atoms with Gasteiger partial charge in [0.05, 0.1) is 0 Å². The highest BCUT2D eigenvalue weighted by atomic mass is 16.3. The summed E-state index contributed by atoms with van der Waals surface area (Å²) in [5, 5.41) is 10.1. The first-order chi connectivity index (χ1) is 8.48. The third-order valence-corrected chi connectivity index (χ3v) is 3.89. The summed E-state index contributed by atoms with van der Waals surface area (Å²) in [5.74, 6) is 0.908. The van der Waals surface area contributed by atoms with Crippen LogP contribution >= 0.6 is 0 Å². The molecule has 1 atom stereocenters. The molecule has 0 aliphatic heterocycles. The average molecular weight is 262 g/mol. The van der Waals surface area contributed by atoms with Gasteiger partial charge in [0.25, 0.3) is 0 Å². The molecule has 1 rings (SSSR count). The molecule has 0 fully saturated rings. The molecule has 1 nitrogen and oxygen atoms in total. The van der Waals surface area contributed by atoms with E-state index in [-0.39, 0.29) is 10.8 Å². The first-order valence-electron chi connectivity index (χ1n) is 7.36. The first-order valence-corrected chi connectivity index (χ1v) is 7.36. The van der Waals surface area contributed by atoms with E-state index in [1.54, 1.807) is 0 Å². The first kappa shape index (κ1) is 16.1. The second kappa shape index (κ2) is 5.19. The molecule has 1 N–H and O–H groups in total. The zero-order chi connectivity index (χ0) is 15.0. The van der Waals surface area contributed by atoms with E-state index < -0.39 is 0 Å². The predicted octanol–water partition coefficient (Wildman–Crippen LogP) is 5.50. The fourth-order valence-electron chi connectivity index (χ4n) is 2.61. The molecule has 0 aliphatic rings. The van der Waals surface area contributed by atoms with Crippen LogP contribution in [0.4, 0.5) is 0 Å².